The zero-order chi connectivity index (χ0) is 27.8. The molecule has 202 valence electrons. The summed E-state index contributed by atoms with van der Waals surface area (Å²) in [5.74, 6) is 1.11. The van der Waals surface area contributed by atoms with Crippen LogP contribution in [0.1, 0.15) is 62.9 Å². The number of rotatable bonds is 13. The summed E-state index contributed by atoms with van der Waals surface area (Å²) in [7, 11) is -2.35. The van der Waals surface area contributed by atoms with Gasteiger partial charge in [-0.05, 0) is 49.2 Å². The van der Waals surface area contributed by atoms with Crippen LogP contribution in [0, 0.1) is 11.3 Å². The standard InChI is InChI=1S/C29H31N5O4S/c1-3-22(35)10-5-4-6-12-26(34-39(36,37)23-15-13-20(18-30)14-16-23)28-31-19-27(32-28)24-17-21-9-7-8-11-25(21)33-29(24)38-2/h7-9,11,13-17,19,26,34H,3-6,10,12H2,1-2H3,(H,31,32)/t26-/m0/s1. The number of imidazole rings is 1. The molecule has 9 nitrogen and oxygen atoms in total. The number of hydrogen-bond donors (Lipinski definition) is 2. The fourth-order valence-corrected chi connectivity index (χ4v) is 5.57. The van der Waals surface area contributed by atoms with Gasteiger partial charge in [-0.2, -0.15) is 5.26 Å². The van der Waals surface area contributed by atoms with Crippen LogP contribution in [0.3, 0.4) is 0 Å². The molecule has 0 radical (unpaired) electrons. The normalized spacial score (nSPS) is 12.2. The van der Waals surface area contributed by atoms with E-state index in [0.717, 1.165) is 23.7 Å². The minimum atomic E-state index is -3.90. The fraction of sp³-hybridized carbons (Fsp3) is 0.310. The number of aromatic amines is 1. The molecule has 39 heavy (non-hydrogen) atoms. The topological polar surface area (TPSA) is 138 Å². The summed E-state index contributed by atoms with van der Waals surface area (Å²) in [4.78, 5) is 24.1. The zero-order valence-corrected chi connectivity index (χ0v) is 22.8. The summed E-state index contributed by atoms with van der Waals surface area (Å²) < 4.78 is 34.8. The molecule has 2 heterocycles. The number of nitriles is 1. The van der Waals surface area contributed by atoms with E-state index in [4.69, 9.17) is 10.00 Å². The monoisotopic (exact) mass is 545 g/mol. The molecule has 0 saturated heterocycles. The number of aromatic nitrogens is 3. The van der Waals surface area contributed by atoms with Crippen LogP contribution < -0.4 is 9.46 Å². The van der Waals surface area contributed by atoms with Crippen LogP contribution in [-0.4, -0.2) is 36.3 Å². The Balaban J connectivity index is 1.61. The molecule has 2 aromatic carbocycles. The molecule has 2 aromatic heterocycles. The predicted molar refractivity (Wildman–Crippen MR) is 148 cm³/mol. The van der Waals surface area contributed by atoms with Gasteiger partial charge in [0.2, 0.25) is 15.9 Å². The molecular formula is C29H31N5O4S. The first-order chi connectivity index (χ1) is 18.8. The lowest BCUT2D eigenvalue weighted by Gasteiger charge is -2.17. The van der Waals surface area contributed by atoms with Gasteiger partial charge in [-0.25, -0.2) is 23.1 Å². The smallest absolute Gasteiger partial charge is 0.241 e. The van der Waals surface area contributed by atoms with Gasteiger partial charge in [-0.15, -0.1) is 0 Å². The Bertz CT molecular complexity index is 1590. The third-order valence-electron chi connectivity index (χ3n) is 6.53. The number of carbonyl (C=O) groups is 1. The van der Waals surface area contributed by atoms with E-state index in [-0.39, 0.29) is 10.7 Å². The van der Waals surface area contributed by atoms with Gasteiger partial charge < -0.3 is 9.72 Å². The number of para-hydroxylation sites is 1. The van der Waals surface area contributed by atoms with Crippen molar-refractivity contribution in [2.45, 2.75) is 56.4 Å². The number of carbonyl (C=O) groups excluding carboxylic acids is 1. The molecule has 4 aromatic rings. The molecule has 1 atom stereocenters. The minimum absolute atomic E-state index is 0.0622. The Labute approximate surface area is 228 Å². The van der Waals surface area contributed by atoms with Gasteiger partial charge in [0, 0.05) is 18.2 Å². The van der Waals surface area contributed by atoms with Crippen LogP contribution in [0.25, 0.3) is 22.2 Å². The third-order valence-corrected chi connectivity index (χ3v) is 8.02. The first-order valence-corrected chi connectivity index (χ1v) is 14.4. The number of sulfonamides is 1. The first-order valence-electron chi connectivity index (χ1n) is 12.9. The number of hydrogen-bond acceptors (Lipinski definition) is 7. The van der Waals surface area contributed by atoms with Crippen molar-refractivity contribution in [3.63, 3.8) is 0 Å². The van der Waals surface area contributed by atoms with Crippen LogP contribution in [0.15, 0.2) is 65.7 Å². The predicted octanol–water partition coefficient (Wildman–Crippen LogP) is 5.45. The van der Waals surface area contributed by atoms with E-state index >= 15 is 0 Å². The highest BCUT2D eigenvalue weighted by Gasteiger charge is 2.24. The van der Waals surface area contributed by atoms with Gasteiger partial charge >= 0.3 is 0 Å². The molecule has 0 unspecified atom stereocenters. The molecule has 0 aliphatic rings. The van der Waals surface area contributed by atoms with Crippen LogP contribution >= 0.6 is 0 Å². The van der Waals surface area contributed by atoms with E-state index in [0.29, 0.717) is 54.2 Å². The van der Waals surface area contributed by atoms with E-state index < -0.39 is 16.1 Å². The molecule has 0 spiro atoms. The SMILES string of the molecule is CCC(=O)CCCCC[C@H](NS(=O)(=O)c1ccc(C#N)cc1)c1ncc(-c2cc3ccccc3nc2OC)[nH]1. The van der Waals surface area contributed by atoms with Crippen molar-refractivity contribution in [1.82, 2.24) is 19.7 Å². The molecule has 0 aliphatic carbocycles. The number of nitrogens with one attached hydrogen (secondary N) is 2. The molecule has 0 saturated carbocycles. The van der Waals surface area contributed by atoms with Gasteiger partial charge in [0.1, 0.15) is 11.6 Å². The Kier molecular flexibility index (Phi) is 9.07. The number of H-pyrrole nitrogens is 1. The van der Waals surface area contributed by atoms with Gasteiger partial charge in [-0.1, -0.05) is 38.0 Å². The third kappa shape index (κ3) is 6.88. The largest absolute Gasteiger partial charge is 0.480 e. The molecule has 0 fully saturated rings. The minimum Gasteiger partial charge on any atom is -0.480 e. The van der Waals surface area contributed by atoms with Crippen molar-refractivity contribution in [1.29, 1.82) is 5.26 Å². The second-order valence-corrected chi connectivity index (χ2v) is 10.9. The summed E-state index contributed by atoms with van der Waals surface area (Å²) in [5, 5.41) is 9.98. The van der Waals surface area contributed by atoms with Crippen molar-refractivity contribution in [3.8, 4) is 23.2 Å². The van der Waals surface area contributed by atoms with E-state index in [1.54, 1.807) is 13.3 Å². The molecule has 10 heteroatoms. The average molecular weight is 546 g/mol. The highest BCUT2D eigenvalue weighted by molar-refractivity contribution is 7.89. The van der Waals surface area contributed by atoms with Crippen molar-refractivity contribution >= 4 is 26.7 Å². The van der Waals surface area contributed by atoms with E-state index in [9.17, 15) is 13.2 Å². The number of ether oxygens (including phenoxy) is 1. The number of fused-ring (bicyclic) bond motifs is 1. The van der Waals surface area contributed by atoms with E-state index in [2.05, 4.69) is 19.7 Å². The lowest BCUT2D eigenvalue weighted by molar-refractivity contribution is -0.118. The molecule has 0 aliphatic heterocycles. The molecule has 4 rings (SSSR count). The zero-order valence-electron chi connectivity index (χ0n) is 22.0. The summed E-state index contributed by atoms with van der Waals surface area (Å²) in [5.41, 5.74) is 2.53. The first kappa shape index (κ1) is 28.0. The van der Waals surface area contributed by atoms with E-state index in [1.807, 2.05) is 43.3 Å². The lowest BCUT2D eigenvalue weighted by atomic mass is 10.1. The highest BCUT2D eigenvalue weighted by atomic mass is 32.2. The Morgan fingerprint density at radius 2 is 1.90 bits per heavy atom. The van der Waals surface area contributed by atoms with Crippen LogP contribution in [0.4, 0.5) is 0 Å². The van der Waals surface area contributed by atoms with E-state index in [1.165, 1.54) is 24.3 Å². The Hall–Kier alpha value is -4.07. The van der Waals surface area contributed by atoms with Crippen molar-refractivity contribution < 1.29 is 17.9 Å². The summed E-state index contributed by atoms with van der Waals surface area (Å²) in [6.07, 6.45) is 5.42. The Morgan fingerprint density at radius 1 is 1.13 bits per heavy atom. The van der Waals surface area contributed by atoms with Gasteiger partial charge in [0.05, 0.1) is 52.7 Å². The van der Waals surface area contributed by atoms with Crippen LogP contribution in [0.2, 0.25) is 0 Å². The second-order valence-electron chi connectivity index (χ2n) is 9.22. The summed E-state index contributed by atoms with van der Waals surface area (Å²) in [6.45, 7) is 1.85. The highest BCUT2D eigenvalue weighted by Crippen LogP contribution is 2.32. The number of nitrogens with zero attached hydrogens (tertiary/aromatic N) is 3. The fourth-order valence-electron chi connectivity index (χ4n) is 4.34. The maximum absolute atomic E-state index is 13.2. The number of ketones is 1. The Morgan fingerprint density at radius 3 is 2.62 bits per heavy atom. The average Bonchev–Trinajstić information content (AvgIpc) is 3.45. The maximum atomic E-state index is 13.2. The van der Waals surface area contributed by atoms with Crippen molar-refractivity contribution in [2.24, 2.45) is 0 Å². The molecule has 2 N–H and O–H groups in total. The summed E-state index contributed by atoms with van der Waals surface area (Å²) >= 11 is 0. The van der Waals surface area contributed by atoms with Crippen molar-refractivity contribution in [2.75, 3.05) is 7.11 Å². The quantitative estimate of drug-likeness (QED) is 0.213. The molecule has 0 amide bonds. The number of pyridine rings is 1. The van der Waals surface area contributed by atoms with Gasteiger partial charge in [0.25, 0.3) is 0 Å². The molecule has 0 bridgehead atoms. The van der Waals surface area contributed by atoms with Crippen molar-refractivity contribution in [3.05, 3.63) is 72.2 Å². The summed E-state index contributed by atoms with van der Waals surface area (Å²) in [6, 6.07) is 16.8. The van der Waals surface area contributed by atoms with Crippen LogP contribution in [-0.2, 0) is 14.8 Å². The van der Waals surface area contributed by atoms with Gasteiger partial charge in [0.15, 0.2) is 0 Å². The molecular weight excluding hydrogens is 514 g/mol. The number of unbranched alkanes of at least 4 members (excludes halogenated alkanes) is 2. The second kappa shape index (κ2) is 12.7. The number of benzene rings is 2. The van der Waals surface area contributed by atoms with Gasteiger partial charge in [-0.3, -0.25) is 4.79 Å². The lowest BCUT2D eigenvalue weighted by Crippen LogP contribution is -2.29. The number of methoxy groups -OCH3 is 1. The maximum Gasteiger partial charge on any atom is 0.241 e. The van der Waals surface area contributed by atoms with Crippen LogP contribution in [0.5, 0.6) is 5.88 Å². The number of Topliss-reactive ketones (excluding diaryl/α,β-unsaturated/α-hetero) is 1.